The summed E-state index contributed by atoms with van der Waals surface area (Å²) in [6, 6.07) is 0. The molecule has 3 rings (SSSR count). The van der Waals surface area contributed by atoms with Crippen LogP contribution in [-0.2, 0) is 9.53 Å². The number of carbonyl (C=O) groups is 1. The Balaban J connectivity index is 1.85. The molecule has 0 aliphatic heterocycles. The maximum absolute atomic E-state index is 11.0. The van der Waals surface area contributed by atoms with Crippen LogP contribution in [0.1, 0.15) is 25.7 Å². The van der Waals surface area contributed by atoms with Crippen molar-refractivity contribution in [3.63, 3.8) is 0 Å². The number of rotatable bonds is 2. The van der Waals surface area contributed by atoms with Crippen LogP contribution in [0.4, 0.5) is 0 Å². The lowest BCUT2D eigenvalue weighted by Gasteiger charge is -2.32. The highest BCUT2D eigenvalue weighted by molar-refractivity contribution is 5.55. The van der Waals surface area contributed by atoms with E-state index in [2.05, 4.69) is 0 Å². The predicted molar refractivity (Wildman–Crippen MR) is 52.8 cm³/mol. The van der Waals surface area contributed by atoms with Crippen molar-refractivity contribution >= 4 is 6.29 Å². The first kappa shape index (κ1) is 8.90. The molecule has 0 radical (unpaired) electrons. The van der Waals surface area contributed by atoms with E-state index in [1.807, 2.05) is 7.11 Å². The lowest BCUT2D eigenvalue weighted by molar-refractivity contribution is -0.113. The van der Waals surface area contributed by atoms with Gasteiger partial charge in [0, 0.05) is 13.0 Å². The van der Waals surface area contributed by atoms with Crippen LogP contribution in [-0.4, -0.2) is 19.5 Å². The van der Waals surface area contributed by atoms with E-state index in [9.17, 15) is 4.79 Å². The van der Waals surface area contributed by atoms with Gasteiger partial charge in [-0.3, -0.25) is 0 Å². The van der Waals surface area contributed by atoms with Gasteiger partial charge in [-0.1, -0.05) is 0 Å². The van der Waals surface area contributed by atoms with Crippen molar-refractivity contribution in [1.82, 2.24) is 0 Å². The maximum atomic E-state index is 11.0. The smallest absolute Gasteiger partial charge is 0.123 e. The second kappa shape index (κ2) is 3.06. The monoisotopic (exact) mass is 194 g/mol. The van der Waals surface area contributed by atoms with Gasteiger partial charge >= 0.3 is 0 Å². The van der Waals surface area contributed by atoms with Crippen LogP contribution in [0.25, 0.3) is 0 Å². The van der Waals surface area contributed by atoms with Crippen LogP contribution < -0.4 is 0 Å². The minimum Gasteiger partial charge on any atom is -0.381 e. The molecule has 3 aliphatic rings. The average Bonchev–Trinajstić information content (AvgIpc) is 2.87. The van der Waals surface area contributed by atoms with Gasteiger partial charge in [0.1, 0.15) is 6.29 Å². The second-order valence-corrected chi connectivity index (χ2v) is 5.29. The number of ether oxygens (including phenoxy) is 1. The highest BCUT2D eigenvalue weighted by atomic mass is 16.5. The molecule has 14 heavy (non-hydrogen) atoms. The molecule has 0 aromatic rings. The van der Waals surface area contributed by atoms with Crippen molar-refractivity contribution in [2.75, 3.05) is 7.11 Å². The highest BCUT2D eigenvalue weighted by Gasteiger charge is 2.57. The fourth-order valence-corrected chi connectivity index (χ4v) is 4.53. The normalized spacial score (nSPS) is 54.9. The largest absolute Gasteiger partial charge is 0.381 e. The maximum Gasteiger partial charge on any atom is 0.123 e. The molecule has 0 spiro atoms. The molecular formula is C12H18O2. The average molecular weight is 194 g/mol. The lowest BCUT2D eigenvalue weighted by atomic mass is 9.77. The van der Waals surface area contributed by atoms with Crippen molar-refractivity contribution in [1.29, 1.82) is 0 Å². The van der Waals surface area contributed by atoms with E-state index in [1.54, 1.807) is 0 Å². The molecule has 0 N–H and O–H groups in total. The minimum absolute atomic E-state index is 0.355. The first-order valence-electron chi connectivity index (χ1n) is 5.83. The first-order chi connectivity index (χ1) is 6.85. The first-order valence-corrected chi connectivity index (χ1v) is 5.83. The summed E-state index contributed by atoms with van der Waals surface area (Å²) in [5.74, 6) is 3.47. The van der Waals surface area contributed by atoms with Crippen molar-refractivity contribution < 1.29 is 9.53 Å². The van der Waals surface area contributed by atoms with E-state index in [0.29, 0.717) is 23.9 Å². The van der Waals surface area contributed by atoms with Gasteiger partial charge in [0.15, 0.2) is 0 Å². The van der Waals surface area contributed by atoms with Crippen molar-refractivity contribution in [2.24, 2.45) is 29.6 Å². The summed E-state index contributed by atoms with van der Waals surface area (Å²) in [7, 11) is 1.82. The lowest BCUT2D eigenvalue weighted by Crippen LogP contribution is -2.33. The fourth-order valence-electron chi connectivity index (χ4n) is 4.53. The third-order valence-electron chi connectivity index (χ3n) is 4.99. The highest BCUT2D eigenvalue weighted by Crippen LogP contribution is 2.60. The molecule has 78 valence electrons. The Morgan fingerprint density at radius 1 is 1.21 bits per heavy atom. The molecule has 0 aromatic carbocycles. The third-order valence-corrected chi connectivity index (χ3v) is 4.99. The van der Waals surface area contributed by atoms with Gasteiger partial charge in [0.05, 0.1) is 6.10 Å². The van der Waals surface area contributed by atoms with Crippen LogP contribution in [0.15, 0.2) is 0 Å². The zero-order chi connectivity index (χ0) is 9.71. The third kappa shape index (κ3) is 0.979. The molecule has 2 nitrogen and oxygen atoms in total. The van der Waals surface area contributed by atoms with Gasteiger partial charge in [-0.25, -0.2) is 0 Å². The standard InChI is InChI=1S/C12H18O2/c1-14-11-5-8-4-10(11)12-7(6-13)2-3-9(8)12/h6-12H,2-5H2,1H3. The number of hydrogen-bond acceptors (Lipinski definition) is 2. The van der Waals surface area contributed by atoms with Gasteiger partial charge in [-0.15, -0.1) is 0 Å². The van der Waals surface area contributed by atoms with Crippen molar-refractivity contribution in [3.05, 3.63) is 0 Å². The summed E-state index contributed by atoms with van der Waals surface area (Å²) in [5, 5.41) is 0. The van der Waals surface area contributed by atoms with Crippen molar-refractivity contribution in [3.8, 4) is 0 Å². The summed E-state index contributed by atoms with van der Waals surface area (Å²) < 4.78 is 5.53. The molecule has 0 amide bonds. The van der Waals surface area contributed by atoms with Gasteiger partial charge < -0.3 is 9.53 Å². The quantitative estimate of drug-likeness (QED) is 0.627. The predicted octanol–water partition coefficient (Wildman–Crippen LogP) is 1.88. The van der Waals surface area contributed by atoms with Crippen LogP contribution in [0.2, 0.25) is 0 Å². The molecule has 3 fully saturated rings. The molecule has 0 aromatic heterocycles. The zero-order valence-corrected chi connectivity index (χ0v) is 8.69. The summed E-state index contributed by atoms with van der Waals surface area (Å²) in [6.45, 7) is 0. The Labute approximate surface area is 85.0 Å². The van der Waals surface area contributed by atoms with Crippen LogP contribution >= 0.6 is 0 Å². The van der Waals surface area contributed by atoms with E-state index >= 15 is 0 Å². The number of aldehydes is 1. The van der Waals surface area contributed by atoms with Gasteiger partial charge in [-0.05, 0) is 49.4 Å². The Bertz CT molecular complexity index is 251. The molecule has 6 atom stereocenters. The number of fused-ring (bicyclic) bond motifs is 5. The summed E-state index contributed by atoms with van der Waals surface area (Å²) in [4.78, 5) is 11.0. The number of methoxy groups -OCH3 is 1. The Kier molecular flexibility index (Phi) is 1.94. The Hall–Kier alpha value is -0.370. The molecule has 0 heterocycles. The molecule has 3 aliphatic carbocycles. The van der Waals surface area contributed by atoms with E-state index in [-0.39, 0.29) is 0 Å². The van der Waals surface area contributed by atoms with Crippen LogP contribution in [0, 0.1) is 29.6 Å². The van der Waals surface area contributed by atoms with E-state index < -0.39 is 0 Å². The molecular weight excluding hydrogens is 176 g/mol. The topological polar surface area (TPSA) is 26.3 Å². The molecule has 2 heteroatoms. The SMILES string of the molecule is COC1CC2CC1C1C(C=O)CCC21. The van der Waals surface area contributed by atoms with Crippen LogP contribution in [0.3, 0.4) is 0 Å². The van der Waals surface area contributed by atoms with E-state index in [1.165, 1.54) is 25.5 Å². The number of hydrogen-bond donors (Lipinski definition) is 0. The van der Waals surface area contributed by atoms with Gasteiger partial charge in [0.25, 0.3) is 0 Å². The summed E-state index contributed by atoms with van der Waals surface area (Å²) in [6.07, 6.45) is 6.69. The van der Waals surface area contributed by atoms with E-state index in [4.69, 9.17) is 4.74 Å². The molecule has 3 saturated carbocycles. The second-order valence-electron chi connectivity index (χ2n) is 5.29. The Morgan fingerprint density at radius 2 is 2.07 bits per heavy atom. The minimum atomic E-state index is 0.355. The molecule has 0 saturated heterocycles. The van der Waals surface area contributed by atoms with Gasteiger partial charge in [0.2, 0.25) is 0 Å². The van der Waals surface area contributed by atoms with E-state index in [0.717, 1.165) is 18.3 Å². The molecule has 6 unspecified atom stereocenters. The molecule has 2 bridgehead atoms. The zero-order valence-electron chi connectivity index (χ0n) is 8.69. The van der Waals surface area contributed by atoms with Gasteiger partial charge in [-0.2, -0.15) is 0 Å². The number of carbonyl (C=O) groups excluding carboxylic acids is 1. The van der Waals surface area contributed by atoms with Crippen molar-refractivity contribution in [2.45, 2.75) is 31.8 Å². The fraction of sp³-hybridized carbons (Fsp3) is 0.917. The van der Waals surface area contributed by atoms with Crippen LogP contribution in [0.5, 0.6) is 0 Å². The summed E-state index contributed by atoms with van der Waals surface area (Å²) >= 11 is 0. The Morgan fingerprint density at radius 3 is 2.79 bits per heavy atom. The summed E-state index contributed by atoms with van der Waals surface area (Å²) in [5.41, 5.74) is 0.